The minimum absolute atomic E-state index is 0.525. The molecule has 0 atom stereocenters. The van der Waals surface area contributed by atoms with Gasteiger partial charge in [0, 0.05) is 24.4 Å². The van der Waals surface area contributed by atoms with E-state index in [0.717, 1.165) is 23.6 Å². The maximum Gasteiger partial charge on any atom is 0.181 e. The van der Waals surface area contributed by atoms with Gasteiger partial charge in [0.2, 0.25) is 0 Å². The molecule has 0 saturated carbocycles. The van der Waals surface area contributed by atoms with Crippen molar-refractivity contribution in [3.05, 3.63) is 84.9 Å². The summed E-state index contributed by atoms with van der Waals surface area (Å²) in [6, 6.07) is 16.1. The molecular formula is C23H23N3O3. The lowest BCUT2D eigenvalue weighted by Crippen LogP contribution is -2.07. The number of hydrogen-bond acceptors (Lipinski definition) is 5. The summed E-state index contributed by atoms with van der Waals surface area (Å²) in [4.78, 5) is 8.46. The van der Waals surface area contributed by atoms with Crippen molar-refractivity contribution in [3.8, 4) is 22.8 Å². The molecule has 0 unspecified atom stereocenters. The van der Waals surface area contributed by atoms with Crippen LogP contribution in [0.1, 0.15) is 18.2 Å². The van der Waals surface area contributed by atoms with E-state index in [1.807, 2.05) is 54.1 Å². The Balaban J connectivity index is 1.52. The van der Waals surface area contributed by atoms with E-state index in [4.69, 9.17) is 13.9 Å². The molecule has 0 saturated heterocycles. The molecule has 2 heterocycles. The molecule has 0 bridgehead atoms. The van der Waals surface area contributed by atoms with Crippen molar-refractivity contribution >= 4 is 0 Å². The van der Waals surface area contributed by atoms with Crippen molar-refractivity contribution in [3.63, 3.8) is 0 Å². The van der Waals surface area contributed by atoms with Gasteiger partial charge < -0.3 is 18.5 Å². The van der Waals surface area contributed by atoms with Gasteiger partial charge in [0.15, 0.2) is 23.7 Å². The Morgan fingerprint density at radius 3 is 2.72 bits per heavy atom. The van der Waals surface area contributed by atoms with Crippen LogP contribution in [0.25, 0.3) is 11.3 Å². The topological polar surface area (TPSA) is 62.3 Å². The molecule has 0 fully saturated rings. The summed E-state index contributed by atoms with van der Waals surface area (Å²) in [7, 11) is 0. The van der Waals surface area contributed by atoms with Crippen LogP contribution >= 0.6 is 0 Å². The highest BCUT2D eigenvalue weighted by Crippen LogP contribution is 2.34. The predicted molar refractivity (Wildman–Crippen MR) is 110 cm³/mol. The van der Waals surface area contributed by atoms with Gasteiger partial charge in [-0.25, -0.2) is 9.97 Å². The molecule has 0 aliphatic rings. The van der Waals surface area contributed by atoms with Gasteiger partial charge in [0.1, 0.15) is 6.61 Å². The number of imidazole rings is 1. The fourth-order valence-corrected chi connectivity index (χ4v) is 3.14. The van der Waals surface area contributed by atoms with Crippen molar-refractivity contribution in [1.82, 2.24) is 14.5 Å². The van der Waals surface area contributed by atoms with Gasteiger partial charge >= 0.3 is 0 Å². The summed E-state index contributed by atoms with van der Waals surface area (Å²) in [5.74, 6) is 2.15. The first-order valence-electron chi connectivity index (χ1n) is 9.65. The second-order valence-electron chi connectivity index (χ2n) is 6.53. The number of oxazole rings is 1. The molecular weight excluding hydrogens is 366 g/mol. The highest BCUT2D eigenvalue weighted by atomic mass is 16.5. The normalized spacial score (nSPS) is 10.8. The van der Waals surface area contributed by atoms with Crippen LogP contribution in [0.4, 0.5) is 0 Å². The van der Waals surface area contributed by atoms with Gasteiger partial charge in [-0.2, -0.15) is 0 Å². The minimum atomic E-state index is 0.525. The van der Waals surface area contributed by atoms with Gasteiger partial charge in [0.25, 0.3) is 0 Å². The third kappa shape index (κ3) is 4.66. The lowest BCUT2D eigenvalue weighted by molar-refractivity contribution is 0.266. The molecule has 29 heavy (non-hydrogen) atoms. The highest BCUT2D eigenvalue weighted by Gasteiger charge is 2.15. The van der Waals surface area contributed by atoms with E-state index in [1.165, 1.54) is 12.0 Å². The smallest absolute Gasteiger partial charge is 0.181 e. The Morgan fingerprint density at radius 2 is 1.93 bits per heavy atom. The molecule has 0 spiro atoms. The van der Waals surface area contributed by atoms with Crippen LogP contribution < -0.4 is 9.47 Å². The number of rotatable bonds is 9. The summed E-state index contributed by atoms with van der Waals surface area (Å²) in [6.45, 7) is 3.75. The first-order chi connectivity index (χ1) is 14.3. The first kappa shape index (κ1) is 18.8. The molecule has 0 aliphatic carbocycles. The Morgan fingerprint density at radius 1 is 1.03 bits per heavy atom. The van der Waals surface area contributed by atoms with Crippen LogP contribution in [-0.4, -0.2) is 27.7 Å². The Kier molecular flexibility index (Phi) is 5.90. The van der Waals surface area contributed by atoms with Gasteiger partial charge in [-0.3, -0.25) is 0 Å². The average molecular weight is 389 g/mol. The van der Waals surface area contributed by atoms with Crippen molar-refractivity contribution in [2.45, 2.75) is 19.9 Å². The van der Waals surface area contributed by atoms with E-state index in [9.17, 15) is 0 Å². The quantitative estimate of drug-likeness (QED) is 0.418. The Hall–Kier alpha value is -3.54. The Bertz CT molecular complexity index is 1030. The summed E-state index contributed by atoms with van der Waals surface area (Å²) in [6.07, 6.45) is 7.64. The molecule has 6 nitrogen and oxygen atoms in total. The third-order valence-corrected chi connectivity index (χ3v) is 4.53. The largest absolute Gasteiger partial charge is 0.490 e. The maximum atomic E-state index is 5.94. The zero-order valence-corrected chi connectivity index (χ0v) is 16.3. The minimum Gasteiger partial charge on any atom is -0.490 e. The van der Waals surface area contributed by atoms with Crippen LogP contribution in [-0.2, 0) is 13.0 Å². The monoisotopic (exact) mass is 389 g/mol. The average Bonchev–Trinajstić information content (AvgIpc) is 3.42. The van der Waals surface area contributed by atoms with E-state index in [-0.39, 0.29) is 0 Å². The van der Waals surface area contributed by atoms with Crippen LogP contribution in [0.5, 0.6) is 11.5 Å². The van der Waals surface area contributed by atoms with Crippen LogP contribution in [0.15, 0.2) is 78.1 Å². The molecule has 2 aromatic carbocycles. The van der Waals surface area contributed by atoms with E-state index >= 15 is 0 Å². The van der Waals surface area contributed by atoms with Crippen LogP contribution in [0, 0.1) is 0 Å². The molecule has 6 heteroatoms. The lowest BCUT2D eigenvalue weighted by atomic mass is 10.0. The number of aromatic nitrogens is 3. The standard InChI is InChI=1S/C23H23N3O3/c1-2-27-22-15-19(8-9-21(22)28-13-12-26-11-10-24-16-26)23-20(25-17-29-23)14-18-6-4-3-5-7-18/h3-11,15-17H,2,12-14H2,1H3. The van der Waals surface area contributed by atoms with Crippen molar-refractivity contribution in [2.24, 2.45) is 0 Å². The SMILES string of the molecule is CCOc1cc(-c2ocnc2Cc2ccccc2)ccc1OCCn1ccnc1. The molecule has 4 aromatic rings. The van der Waals surface area contributed by atoms with E-state index in [2.05, 4.69) is 22.1 Å². The van der Waals surface area contributed by atoms with Gasteiger partial charge in [-0.1, -0.05) is 30.3 Å². The highest BCUT2D eigenvalue weighted by molar-refractivity contribution is 5.65. The molecule has 148 valence electrons. The zero-order chi connectivity index (χ0) is 19.9. The van der Waals surface area contributed by atoms with E-state index < -0.39 is 0 Å². The number of hydrogen-bond donors (Lipinski definition) is 0. The molecule has 4 rings (SSSR count). The molecule has 0 aliphatic heterocycles. The second kappa shape index (κ2) is 9.10. The van der Waals surface area contributed by atoms with Gasteiger partial charge in [0.05, 0.1) is 25.2 Å². The number of ether oxygens (including phenoxy) is 2. The number of benzene rings is 2. The fraction of sp³-hybridized carbons (Fsp3) is 0.217. The van der Waals surface area contributed by atoms with Crippen LogP contribution in [0.3, 0.4) is 0 Å². The summed E-state index contributed by atoms with van der Waals surface area (Å²) >= 11 is 0. The van der Waals surface area contributed by atoms with Crippen molar-refractivity contribution in [2.75, 3.05) is 13.2 Å². The predicted octanol–water partition coefficient (Wildman–Crippen LogP) is 4.61. The maximum absolute atomic E-state index is 5.94. The second-order valence-corrected chi connectivity index (χ2v) is 6.53. The summed E-state index contributed by atoms with van der Waals surface area (Å²) in [5.41, 5.74) is 3.00. The molecule has 0 radical (unpaired) electrons. The zero-order valence-electron chi connectivity index (χ0n) is 16.3. The molecule has 0 amide bonds. The summed E-state index contributed by atoms with van der Waals surface area (Å²) in [5, 5.41) is 0. The lowest BCUT2D eigenvalue weighted by Gasteiger charge is -2.13. The van der Waals surface area contributed by atoms with Crippen LogP contribution in [0.2, 0.25) is 0 Å². The van der Waals surface area contributed by atoms with Crippen molar-refractivity contribution in [1.29, 1.82) is 0 Å². The first-order valence-corrected chi connectivity index (χ1v) is 9.65. The molecule has 0 N–H and O–H groups in total. The van der Waals surface area contributed by atoms with Gasteiger partial charge in [-0.15, -0.1) is 0 Å². The third-order valence-electron chi connectivity index (χ3n) is 4.53. The fourth-order valence-electron chi connectivity index (χ4n) is 3.14. The van der Waals surface area contributed by atoms with Crippen molar-refractivity contribution < 1.29 is 13.9 Å². The number of nitrogens with zero attached hydrogens (tertiary/aromatic N) is 3. The Labute approximate surface area is 169 Å². The summed E-state index contributed by atoms with van der Waals surface area (Å²) < 4.78 is 19.4. The molecule has 2 aromatic heterocycles. The van der Waals surface area contributed by atoms with E-state index in [0.29, 0.717) is 31.1 Å². The van der Waals surface area contributed by atoms with Gasteiger partial charge in [-0.05, 0) is 30.7 Å². The van der Waals surface area contributed by atoms with E-state index in [1.54, 1.807) is 12.5 Å².